The molecule has 4 heterocycles. The van der Waals surface area contributed by atoms with Gasteiger partial charge in [-0.1, -0.05) is 54.5 Å². The van der Waals surface area contributed by atoms with Crippen LogP contribution in [0.25, 0.3) is 0 Å². The second-order valence-corrected chi connectivity index (χ2v) is 12.1. The number of ether oxygens (including phenoxy) is 4. The van der Waals surface area contributed by atoms with Crippen LogP contribution < -0.4 is 4.74 Å². The van der Waals surface area contributed by atoms with Gasteiger partial charge in [0, 0.05) is 32.5 Å². The van der Waals surface area contributed by atoms with Crippen LogP contribution in [0, 0.1) is 23.9 Å². The lowest BCUT2D eigenvalue weighted by Gasteiger charge is -2.52. The lowest BCUT2D eigenvalue weighted by molar-refractivity contribution is -0.336. The maximum atomic E-state index is 12.1. The van der Waals surface area contributed by atoms with E-state index in [9.17, 15) is 25.5 Å². The largest absolute Gasteiger partial charge is 0.482 e. The molecule has 2 aromatic rings. The molecule has 9 nitrogen and oxygen atoms in total. The van der Waals surface area contributed by atoms with Crippen LogP contribution in [-0.2, 0) is 27.1 Å². The van der Waals surface area contributed by atoms with Crippen molar-refractivity contribution in [2.45, 2.75) is 87.4 Å². The van der Waals surface area contributed by atoms with E-state index in [1.807, 2.05) is 54.6 Å². The van der Waals surface area contributed by atoms with Gasteiger partial charge in [0.15, 0.2) is 5.60 Å². The lowest BCUT2D eigenvalue weighted by atomic mass is 9.72. The van der Waals surface area contributed by atoms with E-state index in [1.54, 1.807) is 12.1 Å². The molecule has 0 aromatic heterocycles. The Balaban J connectivity index is 1.63. The number of rotatable bonds is 11. The van der Waals surface area contributed by atoms with Crippen LogP contribution in [0.15, 0.2) is 79.1 Å². The zero-order valence-corrected chi connectivity index (χ0v) is 25.4. The predicted octanol–water partition coefficient (Wildman–Crippen LogP) is 3.02. The summed E-state index contributed by atoms with van der Waals surface area (Å²) < 4.78 is 25.7. The quantitative estimate of drug-likeness (QED) is 0.190. The Kier molecular flexibility index (Phi) is 11.2. The van der Waals surface area contributed by atoms with Crippen LogP contribution in [-0.4, -0.2) is 81.2 Å². The fraction of sp³-hybridized carbons (Fsp3) is 0.500. The molecule has 45 heavy (non-hydrogen) atoms. The monoisotopic (exact) mass is 620 g/mol. The summed E-state index contributed by atoms with van der Waals surface area (Å²) in [6, 6.07) is 17.1. The van der Waals surface area contributed by atoms with E-state index in [-0.39, 0.29) is 32.0 Å². The molecule has 9 heteroatoms. The van der Waals surface area contributed by atoms with Gasteiger partial charge in [0.05, 0.1) is 11.9 Å². The van der Waals surface area contributed by atoms with Gasteiger partial charge in [-0.05, 0) is 66.9 Å². The van der Waals surface area contributed by atoms with Crippen molar-refractivity contribution in [1.82, 2.24) is 0 Å². The zero-order valence-electron chi connectivity index (χ0n) is 25.4. The molecule has 0 aliphatic carbocycles. The number of aliphatic hydroxyl groups excluding tert-OH is 5. The Labute approximate surface area is 264 Å². The smallest absolute Gasteiger partial charge is 0.243 e. The molecular formula is C36H44O9. The van der Waals surface area contributed by atoms with Gasteiger partial charge < -0.3 is 44.5 Å². The molecule has 1 saturated heterocycles. The summed E-state index contributed by atoms with van der Waals surface area (Å²) in [6.07, 6.45) is 1.41. The van der Waals surface area contributed by atoms with E-state index in [0.717, 1.165) is 11.1 Å². The van der Waals surface area contributed by atoms with Gasteiger partial charge in [-0.25, -0.2) is 0 Å². The topological polar surface area (TPSA) is 138 Å². The van der Waals surface area contributed by atoms with E-state index in [0.29, 0.717) is 43.6 Å². The standard InChI is InChI=1S/C36H44O9/c1-2-8-24-13-15-27(16-14-24)43-35-36-23-29(26(17-19-38)22-28(45-36)21-25-9-4-3-5-10-25)30(39)11-7-20-42-31(12-6-18-37)33(44-35)32(40)34(36)41/h2-5,9-10,13-16,22,26,29-35,37-41H,1,6,8,11-12,17-19,21,23H2/t26-,29-,30+,31+,32-,33-,34+,35-,36-/m1/s1. The minimum atomic E-state index is -1.67. The first-order valence-corrected chi connectivity index (χ1v) is 15.7. The Hall–Kier alpha value is -3.36. The number of hydrogen-bond acceptors (Lipinski definition) is 9. The van der Waals surface area contributed by atoms with Gasteiger partial charge in [0.1, 0.15) is 36.3 Å². The SMILES string of the molecule is C=CCc1ccc(O[C@@H]2O[C@H]3[C@@H](O)[C@H](O)[C@]24C[C@@H]([C@@H](O)CC#CO[C@H]3CCCO)[C@H](CCO)C=C(Cc2ccccc2)O4)cc1. The minimum absolute atomic E-state index is 0.0433. The van der Waals surface area contributed by atoms with Gasteiger partial charge >= 0.3 is 0 Å². The third-order valence-corrected chi connectivity index (χ3v) is 9.00. The number of allylic oxidation sites excluding steroid dienone is 3. The van der Waals surface area contributed by atoms with Crippen LogP contribution >= 0.6 is 0 Å². The summed E-state index contributed by atoms with van der Waals surface area (Å²) in [5.74, 6) is 2.97. The molecule has 0 unspecified atom stereocenters. The van der Waals surface area contributed by atoms with Gasteiger partial charge in [0.25, 0.3) is 0 Å². The Morgan fingerprint density at radius 3 is 2.47 bits per heavy atom. The summed E-state index contributed by atoms with van der Waals surface area (Å²) in [7, 11) is 0. The van der Waals surface area contributed by atoms with Crippen molar-refractivity contribution in [3.63, 3.8) is 0 Å². The Morgan fingerprint density at radius 1 is 0.978 bits per heavy atom. The van der Waals surface area contributed by atoms with Crippen molar-refractivity contribution in [1.29, 1.82) is 0 Å². The highest BCUT2D eigenvalue weighted by atomic mass is 16.7. The molecule has 5 N–H and O–H groups in total. The van der Waals surface area contributed by atoms with Gasteiger partial charge in [-0.3, -0.25) is 0 Å². The molecule has 0 amide bonds. The number of aliphatic hydroxyl groups is 5. The lowest BCUT2D eigenvalue weighted by Crippen LogP contribution is -2.70. The highest BCUT2D eigenvalue weighted by molar-refractivity contribution is 5.29. The summed E-state index contributed by atoms with van der Waals surface area (Å²) in [6.45, 7) is 3.56. The summed E-state index contributed by atoms with van der Waals surface area (Å²) in [5.41, 5.74) is 0.333. The molecule has 9 atom stereocenters. The van der Waals surface area contributed by atoms with Gasteiger partial charge in [0.2, 0.25) is 6.29 Å². The minimum Gasteiger partial charge on any atom is -0.482 e. The number of benzene rings is 2. The molecule has 0 saturated carbocycles. The first-order chi connectivity index (χ1) is 21.9. The van der Waals surface area contributed by atoms with Gasteiger partial charge in [-0.15, -0.1) is 6.58 Å². The Bertz CT molecular complexity index is 1330. The van der Waals surface area contributed by atoms with Crippen LogP contribution in [0.2, 0.25) is 0 Å². The molecule has 242 valence electrons. The van der Waals surface area contributed by atoms with Crippen LogP contribution in [0.3, 0.4) is 0 Å². The summed E-state index contributed by atoms with van der Waals surface area (Å²) >= 11 is 0. The van der Waals surface area contributed by atoms with E-state index < -0.39 is 48.3 Å². The molecule has 6 rings (SSSR count). The van der Waals surface area contributed by atoms with Crippen LogP contribution in [0.5, 0.6) is 5.75 Å². The normalized spacial score (nSPS) is 32.7. The van der Waals surface area contributed by atoms with E-state index >= 15 is 0 Å². The van der Waals surface area contributed by atoms with E-state index in [4.69, 9.17) is 18.9 Å². The fourth-order valence-electron chi connectivity index (χ4n) is 6.66. The molecule has 4 aliphatic rings. The van der Waals surface area contributed by atoms with Crippen molar-refractivity contribution in [3.8, 4) is 17.8 Å². The van der Waals surface area contributed by atoms with E-state index in [2.05, 4.69) is 18.6 Å². The molecule has 2 aromatic carbocycles. The van der Waals surface area contributed by atoms with Crippen molar-refractivity contribution in [3.05, 3.63) is 90.2 Å². The first-order valence-electron chi connectivity index (χ1n) is 15.7. The third-order valence-electron chi connectivity index (χ3n) is 9.00. The van der Waals surface area contributed by atoms with Crippen molar-refractivity contribution in [2.24, 2.45) is 11.8 Å². The molecule has 3 bridgehead atoms. The Morgan fingerprint density at radius 2 is 1.76 bits per heavy atom. The molecule has 0 radical (unpaired) electrons. The molecule has 1 spiro atoms. The molecular weight excluding hydrogens is 576 g/mol. The maximum Gasteiger partial charge on any atom is 0.243 e. The number of hydrogen-bond donors (Lipinski definition) is 5. The average molecular weight is 621 g/mol. The predicted molar refractivity (Wildman–Crippen MR) is 167 cm³/mol. The first kappa shape index (κ1) is 33.0. The van der Waals surface area contributed by atoms with Gasteiger partial charge in [-0.2, -0.15) is 0 Å². The molecule has 1 fully saturated rings. The highest BCUT2D eigenvalue weighted by Gasteiger charge is 2.63. The van der Waals surface area contributed by atoms with Crippen molar-refractivity contribution >= 4 is 0 Å². The highest BCUT2D eigenvalue weighted by Crippen LogP contribution is 2.47. The third kappa shape index (κ3) is 7.55. The summed E-state index contributed by atoms with van der Waals surface area (Å²) in [5, 5.41) is 54.9. The fourth-order valence-corrected chi connectivity index (χ4v) is 6.66. The average Bonchev–Trinajstić information content (AvgIpc) is 3.20. The van der Waals surface area contributed by atoms with Crippen molar-refractivity contribution < 1.29 is 44.5 Å². The summed E-state index contributed by atoms with van der Waals surface area (Å²) in [4.78, 5) is 0. The molecule has 4 aliphatic heterocycles. The second kappa shape index (κ2) is 15.3. The zero-order chi connectivity index (χ0) is 31.8. The number of fused-ring (bicyclic) bond motifs is 6. The van der Waals surface area contributed by atoms with Crippen LogP contribution in [0.1, 0.15) is 43.2 Å². The maximum absolute atomic E-state index is 12.1. The van der Waals surface area contributed by atoms with Crippen molar-refractivity contribution in [2.75, 3.05) is 13.2 Å². The van der Waals surface area contributed by atoms with Crippen LogP contribution in [0.4, 0.5) is 0 Å². The van der Waals surface area contributed by atoms with E-state index in [1.165, 1.54) is 0 Å². The second-order valence-electron chi connectivity index (χ2n) is 12.1.